The first-order chi connectivity index (χ1) is 15.9. The topological polar surface area (TPSA) is 49.7 Å². The van der Waals surface area contributed by atoms with Gasteiger partial charge in [0.15, 0.2) is 0 Å². The minimum Gasteiger partial charge on any atom is -0.458 e. The van der Waals surface area contributed by atoms with Gasteiger partial charge in [-0.1, -0.05) is 59.6 Å². The lowest BCUT2D eigenvalue weighted by molar-refractivity contribution is 0.487. The van der Waals surface area contributed by atoms with Crippen LogP contribution in [-0.2, 0) is 0 Å². The maximum Gasteiger partial charge on any atom is 0.331 e. The van der Waals surface area contributed by atoms with Crippen LogP contribution in [0.5, 0.6) is 11.5 Å². The predicted molar refractivity (Wildman–Crippen MR) is 139 cm³/mol. The van der Waals surface area contributed by atoms with Gasteiger partial charge in [-0.25, -0.2) is 0 Å². The van der Waals surface area contributed by atoms with E-state index in [9.17, 15) is 10.0 Å². The zero-order valence-electron chi connectivity index (χ0n) is 18.1. The van der Waals surface area contributed by atoms with Crippen LogP contribution >= 0.6 is 23.2 Å². The summed E-state index contributed by atoms with van der Waals surface area (Å²) >= 11 is 12.5. The van der Waals surface area contributed by atoms with Gasteiger partial charge in [-0.3, -0.25) is 0 Å². The normalized spacial score (nSPS) is 10.7. The summed E-state index contributed by atoms with van der Waals surface area (Å²) in [6, 6.07) is 22.3. The van der Waals surface area contributed by atoms with Crippen LogP contribution in [0.2, 0.25) is 10.0 Å². The maximum absolute atomic E-state index is 10.1. The molecule has 0 bridgehead atoms. The third-order valence-electron chi connectivity index (χ3n) is 5.59. The second-order valence-electron chi connectivity index (χ2n) is 7.71. The largest absolute Gasteiger partial charge is 0.458 e. The van der Waals surface area contributed by atoms with Crippen molar-refractivity contribution < 1.29 is 14.8 Å². The second-order valence-corrected chi connectivity index (χ2v) is 8.59. The molecule has 0 aromatic heterocycles. The molecule has 3 nitrogen and oxygen atoms in total. The summed E-state index contributed by atoms with van der Waals surface area (Å²) in [5.41, 5.74) is 6.41. The van der Waals surface area contributed by atoms with E-state index < -0.39 is 0 Å². The Morgan fingerprint density at radius 2 is 1.03 bits per heavy atom. The summed E-state index contributed by atoms with van der Waals surface area (Å²) < 4.78 is 6.24. The zero-order chi connectivity index (χ0) is 23.5. The van der Waals surface area contributed by atoms with Crippen molar-refractivity contribution in [1.82, 2.24) is 0 Å². The number of hydrogen-bond donors (Lipinski definition) is 2. The van der Waals surface area contributed by atoms with Gasteiger partial charge in [-0.15, -0.1) is 0 Å². The molecule has 162 valence electrons. The van der Waals surface area contributed by atoms with Gasteiger partial charge in [0.2, 0.25) is 0 Å². The Morgan fingerprint density at radius 1 is 0.606 bits per heavy atom. The van der Waals surface area contributed by atoms with Crippen molar-refractivity contribution in [1.29, 1.82) is 0 Å². The van der Waals surface area contributed by atoms with E-state index in [1.54, 1.807) is 12.1 Å². The quantitative estimate of drug-likeness (QED) is 0.379. The van der Waals surface area contributed by atoms with E-state index in [1.165, 1.54) is 0 Å². The highest BCUT2D eigenvalue weighted by Crippen LogP contribution is 2.31. The van der Waals surface area contributed by atoms with Crippen molar-refractivity contribution in [2.45, 2.75) is 13.8 Å². The third-order valence-corrected chi connectivity index (χ3v) is 6.06. The van der Waals surface area contributed by atoms with Crippen LogP contribution in [0.25, 0.3) is 22.3 Å². The van der Waals surface area contributed by atoms with Crippen molar-refractivity contribution in [3.63, 3.8) is 0 Å². The van der Waals surface area contributed by atoms with Crippen molar-refractivity contribution in [3.05, 3.63) is 94.0 Å². The molecule has 0 amide bonds. The smallest absolute Gasteiger partial charge is 0.331 e. The summed E-state index contributed by atoms with van der Waals surface area (Å²) in [6.07, 6.45) is 0. The number of rotatable bonds is 6. The van der Waals surface area contributed by atoms with Gasteiger partial charge >= 0.3 is 15.0 Å². The highest BCUT2D eigenvalue weighted by molar-refractivity contribution is 6.50. The number of ether oxygens (including phenoxy) is 1. The number of halogens is 2. The summed E-state index contributed by atoms with van der Waals surface area (Å²) in [4.78, 5) is 0. The van der Waals surface area contributed by atoms with E-state index in [4.69, 9.17) is 27.9 Å². The molecule has 0 heterocycles. The molecule has 0 saturated heterocycles. The molecule has 2 radical (unpaired) electrons. The first kappa shape index (κ1) is 23.5. The molecular weight excluding hydrogens is 453 g/mol. The van der Waals surface area contributed by atoms with Crippen LogP contribution < -0.4 is 15.7 Å². The molecule has 0 saturated carbocycles. The second kappa shape index (κ2) is 10.1. The average molecular weight is 473 g/mol. The highest BCUT2D eigenvalue weighted by Gasteiger charge is 2.18. The van der Waals surface area contributed by atoms with E-state index in [-0.39, 0.29) is 0 Å². The summed E-state index contributed by atoms with van der Waals surface area (Å²) in [5, 5.41) is 21.4. The lowest BCUT2D eigenvalue weighted by Crippen LogP contribution is -2.23. The third kappa shape index (κ3) is 4.82. The Kier molecular flexibility index (Phi) is 7.16. The molecule has 0 atom stereocenters. The lowest BCUT2D eigenvalue weighted by atomic mass is 9.79. The highest BCUT2D eigenvalue weighted by atomic mass is 35.5. The Hall–Kier alpha value is -2.69. The van der Waals surface area contributed by atoms with Crippen molar-refractivity contribution in [2.75, 3.05) is 0 Å². The van der Waals surface area contributed by atoms with Crippen LogP contribution in [0.1, 0.15) is 11.1 Å². The van der Waals surface area contributed by atoms with Gasteiger partial charge in [0.1, 0.15) is 11.5 Å². The van der Waals surface area contributed by atoms with Crippen molar-refractivity contribution in [3.8, 4) is 33.8 Å². The van der Waals surface area contributed by atoms with Crippen LogP contribution in [-0.4, -0.2) is 25.0 Å². The van der Waals surface area contributed by atoms with Crippen molar-refractivity contribution >= 4 is 49.1 Å². The standard InChI is InChI=1S/C26H20B2Cl2O3/c1-15-9-11-17(29)13-21(15)19-5-3-7-23(25(19)27-31)33-24-8-4-6-20(26(24)28-32)22-14-18(30)12-10-16(22)2/h3-14,31-32H,1-2H3. The first-order valence-electron chi connectivity index (χ1n) is 10.3. The molecule has 33 heavy (non-hydrogen) atoms. The maximum atomic E-state index is 10.1. The van der Waals surface area contributed by atoms with Gasteiger partial charge in [-0.2, -0.15) is 0 Å². The van der Waals surface area contributed by atoms with Crippen LogP contribution in [0, 0.1) is 13.8 Å². The van der Waals surface area contributed by atoms with Gasteiger partial charge in [0.05, 0.1) is 0 Å². The molecular formula is C26H20B2Cl2O3. The fourth-order valence-electron chi connectivity index (χ4n) is 3.89. The predicted octanol–water partition coefficient (Wildman–Crippen LogP) is 5.21. The van der Waals surface area contributed by atoms with Crippen LogP contribution in [0.15, 0.2) is 72.8 Å². The molecule has 0 spiro atoms. The molecule has 4 aromatic carbocycles. The minimum absolute atomic E-state index is 0.442. The monoisotopic (exact) mass is 472 g/mol. The summed E-state index contributed by atoms with van der Waals surface area (Å²) in [6.45, 7) is 3.96. The first-order valence-corrected chi connectivity index (χ1v) is 11.1. The molecule has 0 aliphatic rings. The van der Waals surface area contributed by atoms with E-state index >= 15 is 0 Å². The Morgan fingerprint density at radius 3 is 1.42 bits per heavy atom. The molecule has 4 aromatic rings. The van der Waals surface area contributed by atoms with Gasteiger partial charge < -0.3 is 14.8 Å². The van der Waals surface area contributed by atoms with Crippen molar-refractivity contribution in [2.24, 2.45) is 0 Å². The van der Waals surface area contributed by atoms with E-state index in [0.29, 0.717) is 32.5 Å². The minimum atomic E-state index is 0.442. The van der Waals surface area contributed by atoms with E-state index in [2.05, 4.69) is 0 Å². The van der Waals surface area contributed by atoms with Crippen LogP contribution in [0.4, 0.5) is 0 Å². The number of hydrogen-bond acceptors (Lipinski definition) is 3. The summed E-state index contributed by atoms with van der Waals surface area (Å²) in [7, 11) is 2.05. The molecule has 0 aliphatic carbocycles. The molecule has 0 aliphatic heterocycles. The Bertz CT molecular complexity index is 1220. The lowest BCUT2D eigenvalue weighted by Gasteiger charge is -2.18. The van der Waals surface area contributed by atoms with E-state index in [1.807, 2.05) is 74.5 Å². The van der Waals surface area contributed by atoms with E-state index in [0.717, 1.165) is 48.3 Å². The van der Waals surface area contributed by atoms with Crippen LogP contribution in [0.3, 0.4) is 0 Å². The zero-order valence-corrected chi connectivity index (χ0v) is 19.7. The molecule has 0 fully saturated rings. The Labute approximate surface area is 205 Å². The average Bonchev–Trinajstić information content (AvgIpc) is 2.82. The molecule has 0 unspecified atom stereocenters. The fraction of sp³-hybridized carbons (Fsp3) is 0.0769. The molecule has 2 N–H and O–H groups in total. The number of benzene rings is 4. The Balaban J connectivity index is 1.82. The summed E-state index contributed by atoms with van der Waals surface area (Å²) in [5.74, 6) is 0.884. The van der Waals surface area contributed by atoms with Gasteiger partial charge in [0.25, 0.3) is 0 Å². The fourth-order valence-corrected chi connectivity index (χ4v) is 4.23. The van der Waals surface area contributed by atoms with Gasteiger partial charge in [0, 0.05) is 10.0 Å². The molecule has 4 rings (SSSR count). The number of aryl methyl sites for hydroxylation is 2. The van der Waals surface area contributed by atoms with Gasteiger partial charge in [-0.05, 0) is 94.6 Å². The SMILES string of the molecule is Cc1ccc(Cl)cc1-c1cccc(Oc2cccc(-c3cc(Cl)ccc3C)c2[B]O)c1[B]O. The molecule has 7 heteroatoms.